The molecule has 14 heavy (non-hydrogen) atoms. The van der Waals surface area contributed by atoms with Crippen LogP contribution in [0.2, 0.25) is 0 Å². The number of piperidine rings is 1. The van der Waals surface area contributed by atoms with Gasteiger partial charge in [0.25, 0.3) is 0 Å². The molecule has 0 atom stereocenters. The van der Waals surface area contributed by atoms with Crippen molar-refractivity contribution < 1.29 is 4.74 Å². The van der Waals surface area contributed by atoms with E-state index in [4.69, 9.17) is 4.74 Å². The SMILES string of the molecule is CN1CCC2(CC1)COc1cscc12. The van der Waals surface area contributed by atoms with Crippen LogP contribution < -0.4 is 4.74 Å². The van der Waals surface area contributed by atoms with Crippen molar-refractivity contribution in [3.63, 3.8) is 0 Å². The third-order valence-electron chi connectivity index (χ3n) is 3.65. The zero-order chi connectivity index (χ0) is 9.60. The van der Waals surface area contributed by atoms with Crippen molar-refractivity contribution >= 4 is 11.3 Å². The first-order chi connectivity index (χ1) is 6.80. The molecular formula is C11H15NOS. The predicted molar refractivity (Wildman–Crippen MR) is 58.2 cm³/mol. The summed E-state index contributed by atoms with van der Waals surface area (Å²) in [5.41, 5.74) is 1.84. The molecule has 1 aromatic rings. The number of thiophene rings is 1. The number of nitrogens with zero attached hydrogens (tertiary/aromatic N) is 1. The third kappa shape index (κ3) is 1.12. The number of likely N-dealkylation sites (tertiary alicyclic amines) is 1. The minimum Gasteiger partial charge on any atom is -0.491 e. The second-order valence-corrected chi connectivity index (χ2v) is 5.27. The summed E-state index contributed by atoms with van der Waals surface area (Å²) >= 11 is 1.77. The minimum absolute atomic E-state index is 0.363. The van der Waals surface area contributed by atoms with Crippen molar-refractivity contribution in [2.75, 3.05) is 26.7 Å². The van der Waals surface area contributed by atoms with E-state index in [-0.39, 0.29) is 0 Å². The molecule has 3 heteroatoms. The summed E-state index contributed by atoms with van der Waals surface area (Å²) < 4.78 is 5.76. The van der Waals surface area contributed by atoms with Crippen LogP contribution in [0.25, 0.3) is 0 Å². The lowest BCUT2D eigenvalue weighted by atomic mass is 9.76. The molecule has 2 aliphatic heterocycles. The van der Waals surface area contributed by atoms with Crippen LogP contribution >= 0.6 is 11.3 Å². The van der Waals surface area contributed by atoms with E-state index >= 15 is 0 Å². The lowest BCUT2D eigenvalue weighted by Crippen LogP contribution is -2.41. The van der Waals surface area contributed by atoms with E-state index in [1.165, 1.54) is 31.5 Å². The molecule has 0 aliphatic carbocycles. The van der Waals surface area contributed by atoms with Crippen LogP contribution in [0.3, 0.4) is 0 Å². The van der Waals surface area contributed by atoms with Crippen molar-refractivity contribution in [3.8, 4) is 5.75 Å². The molecular weight excluding hydrogens is 194 g/mol. The van der Waals surface area contributed by atoms with Crippen LogP contribution in [-0.4, -0.2) is 31.6 Å². The molecule has 1 spiro atoms. The second-order valence-electron chi connectivity index (χ2n) is 4.52. The minimum atomic E-state index is 0.363. The van der Waals surface area contributed by atoms with Crippen LogP contribution in [0.1, 0.15) is 18.4 Å². The summed E-state index contributed by atoms with van der Waals surface area (Å²) in [6.45, 7) is 3.33. The molecule has 3 rings (SSSR count). The highest BCUT2D eigenvalue weighted by molar-refractivity contribution is 7.08. The molecule has 2 aliphatic rings. The van der Waals surface area contributed by atoms with Crippen LogP contribution in [0, 0.1) is 0 Å². The average molecular weight is 209 g/mol. The fraction of sp³-hybridized carbons (Fsp3) is 0.636. The maximum atomic E-state index is 5.76. The fourth-order valence-electron chi connectivity index (χ4n) is 2.54. The zero-order valence-corrected chi connectivity index (χ0v) is 9.27. The Morgan fingerprint density at radius 1 is 1.36 bits per heavy atom. The van der Waals surface area contributed by atoms with Gasteiger partial charge in [0, 0.05) is 16.4 Å². The Kier molecular flexibility index (Phi) is 1.86. The standard InChI is InChI=1S/C11H15NOS/c1-12-4-2-11(3-5-12)8-13-10-7-14-6-9(10)11/h6-7H,2-5,8H2,1H3. The first kappa shape index (κ1) is 8.74. The van der Waals surface area contributed by atoms with E-state index in [2.05, 4.69) is 22.7 Å². The van der Waals surface area contributed by atoms with Crippen LogP contribution in [-0.2, 0) is 5.41 Å². The van der Waals surface area contributed by atoms with Gasteiger partial charge in [-0.1, -0.05) is 0 Å². The molecule has 1 aromatic heterocycles. The molecule has 0 radical (unpaired) electrons. The van der Waals surface area contributed by atoms with Gasteiger partial charge in [-0.25, -0.2) is 0 Å². The van der Waals surface area contributed by atoms with Gasteiger partial charge < -0.3 is 9.64 Å². The van der Waals surface area contributed by atoms with Crippen molar-refractivity contribution in [2.24, 2.45) is 0 Å². The van der Waals surface area contributed by atoms with Gasteiger partial charge in [-0.15, -0.1) is 11.3 Å². The second kappa shape index (κ2) is 2.97. The highest BCUT2D eigenvalue weighted by Gasteiger charge is 2.42. The maximum absolute atomic E-state index is 5.76. The van der Waals surface area contributed by atoms with Gasteiger partial charge in [0.2, 0.25) is 0 Å². The van der Waals surface area contributed by atoms with Gasteiger partial charge in [0.15, 0.2) is 0 Å². The summed E-state index contributed by atoms with van der Waals surface area (Å²) in [6.07, 6.45) is 2.51. The van der Waals surface area contributed by atoms with Gasteiger partial charge in [-0.05, 0) is 38.4 Å². The predicted octanol–water partition coefficient (Wildman–Crippen LogP) is 2.10. The summed E-state index contributed by atoms with van der Waals surface area (Å²) in [5.74, 6) is 1.15. The van der Waals surface area contributed by atoms with Gasteiger partial charge in [-0.2, -0.15) is 0 Å². The largest absolute Gasteiger partial charge is 0.491 e. The van der Waals surface area contributed by atoms with Crippen LogP contribution in [0.15, 0.2) is 10.8 Å². The average Bonchev–Trinajstić information content (AvgIpc) is 2.75. The zero-order valence-electron chi connectivity index (χ0n) is 8.45. The van der Waals surface area contributed by atoms with E-state index in [9.17, 15) is 0 Å². The third-order valence-corrected chi connectivity index (χ3v) is 4.37. The van der Waals surface area contributed by atoms with E-state index < -0.39 is 0 Å². The first-order valence-corrected chi connectivity index (χ1v) is 6.12. The fourth-order valence-corrected chi connectivity index (χ4v) is 3.43. The molecule has 0 unspecified atom stereocenters. The van der Waals surface area contributed by atoms with Crippen molar-refractivity contribution in [2.45, 2.75) is 18.3 Å². The molecule has 76 valence electrons. The Morgan fingerprint density at radius 3 is 2.93 bits per heavy atom. The van der Waals surface area contributed by atoms with Gasteiger partial charge in [0.1, 0.15) is 5.75 Å². The normalized spacial score (nSPS) is 24.9. The summed E-state index contributed by atoms with van der Waals surface area (Å²) in [6, 6.07) is 0. The van der Waals surface area contributed by atoms with Gasteiger partial charge in [-0.3, -0.25) is 0 Å². The summed E-state index contributed by atoms with van der Waals surface area (Å²) in [5, 5.41) is 4.43. The van der Waals surface area contributed by atoms with Gasteiger partial charge in [0.05, 0.1) is 6.61 Å². The monoisotopic (exact) mass is 209 g/mol. The van der Waals surface area contributed by atoms with E-state index in [1.807, 2.05) is 0 Å². The Balaban J connectivity index is 1.92. The Bertz CT molecular complexity index is 339. The Hall–Kier alpha value is -0.540. The number of hydrogen-bond acceptors (Lipinski definition) is 3. The maximum Gasteiger partial charge on any atom is 0.133 e. The lowest BCUT2D eigenvalue weighted by Gasteiger charge is -2.36. The van der Waals surface area contributed by atoms with Gasteiger partial charge >= 0.3 is 0 Å². The van der Waals surface area contributed by atoms with Crippen molar-refractivity contribution in [1.29, 1.82) is 0 Å². The molecule has 0 aromatic carbocycles. The molecule has 0 saturated carbocycles. The van der Waals surface area contributed by atoms with E-state index in [0.29, 0.717) is 5.41 Å². The first-order valence-electron chi connectivity index (χ1n) is 5.18. The molecule has 1 fully saturated rings. The van der Waals surface area contributed by atoms with Crippen LogP contribution in [0.4, 0.5) is 0 Å². The van der Waals surface area contributed by atoms with Crippen LogP contribution in [0.5, 0.6) is 5.75 Å². The van der Waals surface area contributed by atoms with E-state index in [0.717, 1.165) is 12.4 Å². The molecule has 1 saturated heterocycles. The number of fused-ring (bicyclic) bond motifs is 2. The highest BCUT2D eigenvalue weighted by Crippen LogP contribution is 2.46. The number of rotatable bonds is 0. The lowest BCUT2D eigenvalue weighted by molar-refractivity contribution is 0.155. The highest BCUT2D eigenvalue weighted by atomic mass is 32.1. The Morgan fingerprint density at radius 2 is 2.14 bits per heavy atom. The Labute approximate surface area is 88.5 Å². The molecule has 2 nitrogen and oxygen atoms in total. The molecule has 0 N–H and O–H groups in total. The van der Waals surface area contributed by atoms with Crippen molar-refractivity contribution in [1.82, 2.24) is 4.90 Å². The van der Waals surface area contributed by atoms with Crippen molar-refractivity contribution in [3.05, 3.63) is 16.3 Å². The topological polar surface area (TPSA) is 12.5 Å². The molecule has 0 amide bonds. The summed E-state index contributed by atoms with van der Waals surface area (Å²) in [7, 11) is 2.21. The molecule has 3 heterocycles. The molecule has 0 bridgehead atoms. The number of hydrogen-bond donors (Lipinski definition) is 0. The van der Waals surface area contributed by atoms with E-state index in [1.54, 1.807) is 11.3 Å². The summed E-state index contributed by atoms with van der Waals surface area (Å²) in [4.78, 5) is 2.41. The smallest absolute Gasteiger partial charge is 0.133 e. The number of ether oxygens (including phenoxy) is 1. The quantitative estimate of drug-likeness (QED) is 0.649.